The molecule has 0 fully saturated rings. The molecule has 6 nitrogen and oxygen atoms in total. The number of hydrogen-bond donors (Lipinski definition) is 2. The van der Waals surface area contributed by atoms with Crippen LogP contribution in [0.1, 0.15) is 38.4 Å². The first kappa shape index (κ1) is 23.6. The number of carboxylic acid groups (broad SMARTS) is 1. The molecule has 0 saturated carbocycles. The predicted octanol–water partition coefficient (Wildman–Crippen LogP) is 4.95. The second-order valence-corrected chi connectivity index (χ2v) is 7.82. The molecule has 0 aliphatic carbocycles. The molecule has 0 saturated heterocycles. The van der Waals surface area contributed by atoms with Crippen molar-refractivity contribution in [3.05, 3.63) is 80.9 Å². The summed E-state index contributed by atoms with van der Waals surface area (Å²) in [6, 6.07) is 10.1. The third kappa shape index (κ3) is 4.74. The molecule has 2 N–H and O–H groups in total. The van der Waals surface area contributed by atoms with Crippen molar-refractivity contribution in [1.29, 1.82) is 0 Å². The number of nitrogens with zero attached hydrogens (tertiary/aromatic N) is 1. The Labute approximate surface area is 191 Å². The zero-order valence-corrected chi connectivity index (χ0v) is 19.2. The maximum Gasteiger partial charge on any atom is 0.337 e. The fourth-order valence-corrected chi connectivity index (χ4v) is 4.07. The first-order valence-electron chi connectivity index (χ1n) is 10.0. The van der Waals surface area contributed by atoms with E-state index < -0.39 is 11.8 Å². The van der Waals surface area contributed by atoms with Gasteiger partial charge in [-0.25, -0.2) is 9.18 Å². The molecule has 0 bridgehead atoms. The summed E-state index contributed by atoms with van der Waals surface area (Å²) in [6.07, 6.45) is 0. The van der Waals surface area contributed by atoms with E-state index in [-0.39, 0.29) is 12.1 Å². The first-order valence-corrected chi connectivity index (χ1v) is 10.4. The van der Waals surface area contributed by atoms with Crippen LogP contribution in [0.3, 0.4) is 0 Å². The Morgan fingerprint density at radius 1 is 1.06 bits per heavy atom. The lowest BCUT2D eigenvalue weighted by molar-refractivity contribution is 0.0694. The van der Waals surface area contributed by atoms with Gasteiger partial charge in [-0.05, 0) is 43.7 Å². The van der Waals surface area contributed by atoms with E-state index in [1.165, 1.54) is 6.07 Å². The van der Waals surface area contributed by atoms with Gasteiger partial charge in [-0.2, -0.15) is 0 Å². The summed E-state index contributed by atoms with van der Waals surface area (Å²) in [5.41, 5.74) is 3.47. The Balaban J connectivity index is 1.85. The van der Waals surface area contributed by atoms with Gasteiger partial charge in [-0.15, -0.1) is 0 Å². The highest BCUT2D eigenvalue weighted by molar-refractivity contribution is 6.31. The number of halogens is 2. The van der Waals surface area contributed by atoms with Gasteiger partial charge in [0.1, 0.15) is 5.82 Å². The highest BCUT2D eigenvalue weighted by atomic mass is 35.5. The maximum absolute atomic E-state index is 14.3. The van der Waals surface area contributed by atoms with Crippen LogP contribution >= 0.6 is 11.6 Å². The molecule has 0 aliphatic rings. The summed E-state index contributed by atoms with van der Waals surface area (Å²) in [4.78, 5) is 12.0. The lowest BCUT2D eigenvalue weighted by Gasteiger charge is -2.13. The SMILES string of the molecule is COc1ccc(CNCc2c(C(=O)O)c(C)n(Cc3c(F)cccc3Cl)c2C)cc1OC. The van der Waals surface area contributed by atoms with E-state index in [4.69, 9.17) is 21.1 Å². The lowest BCUT2D eigenvalue weighted by atomic mass is 10.1. The third-order valence-corrected chi connectivity index (χ3v) is 5.93. The number of ether oxygens (including phenoxy) is 2. The van der Waals surface area contributed by atoms with Crippen molar-refractivity contribution in [2.75, 3.05) is 14.2 Å². The zero-order chi connectivity index (χ0) is 23.4. The van der Waals surface area contributed by atoms with E-state index >= 15 is 0 Å². The summed E-state index contributed by atoms with van der Waals surface area (Å²) in [5, 5.41) is 13.4. The van der Waals surface area contributed by atoms with Crippen LogP contribution in [0.5, 0.6) is 11.5 Å². The standard InChI is InChI=1S/C24H26ClFN2O4/c1-14-17(12-27-11-16-8-9-21(31-3)22(10-16)32-4)23(24(29)30)15(2)28(14)13-18-19(25)6-5-7-20(18)26/h5-10,27H,11-13H2,1-4H3,(H,29,30). The molecule has 1 aromatic heterocycles. The van der Waals surface area contributed by atoms with Crippen molar-refractivity contribution < 1.29 is 23.8 Å². The van der Waals surface area contributed by atoms with Crippen molar-refractivity contribution in [3.8, 4) is 11.5 Å². The lowest BCUT2D eigenvalue weighted by Crippen LogP contribution is -2.15. The summed E-state index contributed by atoms with van der Waals surface area (Å²) < 4.78 is 26.7. The molecule has 1 heterocycles. The molecule has 0 radical (unpaired) electrons. The number of nitrogens with one attached hydrogen (secondary N) is 1. The van der Waals surface area contributed by atoms with Crippen LogP contribution in [0, 0.1) is 19.7 Å². The Bertz CT molecular complexity index is 1120. The van der Waals surface area contributed by atoms with Crippen molar-refractivity contribution in [2.24, 2.45) is 0 Å². The summed E-state index contributed by atoms with van der Waals surface area (Å²) in [5.74, 6) is -0.181. The molecule has 0 unspecified atom stereocenters. The molecular formula is C24H26ClFN2O4. The zero-order valence-electron chi connectivity index (χ0n) is 18.5. The molecule has 3 rings (SSSR count). The highest BCUT2D eigenvalue weighted by Gasteiger charge is 2.23. The number of aromatic nitrogens is 1. The van der Waals surface area contributed by atoms with Crippen LogP contribution in [0.25, 0.3) is 0 Å². The molecule has 0 atom stereocenters. The van der Waals surface area contributed by atoms with Gasteiger partial charge in [0, 0.05) is 40.6 Å². The molecule has 2 aromatic carbocycles. The van der Waals surface area contributed by atoms with Crippen LogP contribution in [0.15, 0.2) is 36.4 Å². The smallest absolute Gasteiger partial charge is 0.337 e. The highest BCUT2D eigenvalue weighted by Crippen LogP contribution is 2.29. The molecule has 0 amide bonds. The molecule has 0 spiro atoms. The van der Waals surface area contributed by atoms with Gasteiger partial charge in [0.25, 0.3) is 0 Å². The maximum atomic E-state index is 14.3. The van der Waals surface area contributed by atoms with Gasteiger partial charge in [0.15, 0.2) is 11.5 Å². The van der Waals surface area contributed by atoms with Crippen LogP contribution in [-0.4, -0.2) is 29.9 Å². The van der Waals surface area contributed by atoms with Crippen molar-refractivity contribution in [2.45, 2.75) is 33.5 Å². The van der Waals surface area contributed by atoms with Gasteiger partial charge in [-0.3, -0.25) is 0 Å². The quantitative estimate of drug-likeness (QED) is 0.472. The number of carboxylic acids is 1. The van der Waals surface area contributed by atoms with Crippen LogP contribution < -0.4 is 14.8 Å². The number of rotatable bonds is 9. The van der Waals surface area contributed by atoms with E-state index in [0.717, 1.165) is 11.3 Å². The first-order chi connectivity index (χ1) is 15.3. The normalized spacial score (nSPS) is 10.9. The molecule has 32 heavy (non-hydrogen) atoms. The fourth-order valence-electron chi connectivity index (χ4n) is 3.85. The predicted molar refractivity (Wildman–Crippen MR) is 121 cm³/mol. The molecule has 170 valence electrons. The number of hydrogen-bond acceptors (Lipinski definition) is 4. The fraction of sp³-hybridized carbons (Fsp3) is 0.292. The van der Waals surface area contributed by atoms with E-state index in [2.05, 4.69) is 5.32 Å². The third-order valence-electron chi connectivity index (χ3n) is 5.58. The van der Waals surface area contributed by atoms with Crippen molar-refractivity contribution in [3.63, 3.8) is 0 Å². The Morgan fingerprint density at radius 3 is 2.41 bits per heavy atom. The number of aromatic carboxylic acids is 1. The minimum Gasteiger partial charge on any atom is -0.493 e. The van der Waals surface area contributed by atoms with Gasteiger partial charge in [0.2, 0.25) is 0 Å². The number of benzene rings is 2. The van der Waals surface area contributed by atoms with Crippen molar-refractivity contribution in [1.82, 2.24) is 9.88 Å². The van der Waals surface area contributed by atoms with Gasteiger partial charge < -0.3 is 24.5 Å². The largest absolute Gasteiger partial charge is 0.493 e. The minimum absolute atomic E-state index is 0.152. The van der Waals surface area contributed by atoms with E-state index in [1.54, 1.807) is 37.8 Å². The number of methoxy groups -OCH3 is 2. The molecular weight excluding hydrogens is 435 g/mol. The summed E-state index contributed by atoms with van der Waals surface area (Å²) in [6.45, 7) is 4.55. The average Bonchev–Trinajstić information content (AvgIpc) is 3.00. The van der Waals surface area contributed by atoms with Crippen molar-refractivity contribution >= 4 is 17.6 Å². The van der Waals surface area contributed by atoms with E-state index in [0.29, 0.717) is 46.4 Å². The Hall–Kier alpha value is -3.03. The van der Waals surface area contributed by atoms with Crippen LogP contribution in [0.4, 0.5) is 4.39 Å². The van der Waals surface area contributed by atoms with E-state index in [9.17, 15) is 14.3 Å². The topological polar surface area (TPSA) is 72.7 Å². The van der Waals surface area contributed by atoms with Gasteiger partial charge in [0.05, 0.1) is 26.3 Å². The minimum atomic E-state index is -1.02. The van der Waals surface area contributed by atoms with Gasteiger partial charge >= 0.3 is 5.97 Å². The Morgan fingerprint density at radius 2 is 1.78 bits per heavy atom. The molecule has 0 aliphatic heterocycles. The monoisotopic (exact) mass is 460 g/mol. The summed E-state index contributed by atoms with van der Waals surface area (Å²) >= 11 is 6.19. The molecule has 8 heteroatoms. The van der Waals surface area contributed by atoms with E-state index in [1.807, 2.05) is 25.1 Å². The summed E-state index contributed by atoms with van der Waals surface area (Å²) in [7, 11) is 3.15. The second-order valence-electron chi connectivity index (χ2n) is 7.41. The van der Waals surface area contributed by atoms with Gasteiger partial charge in [-0.1, -0.05) is 23.7 Å². The second kappa shape index (κ2) is 10.1. The molecule has 3 aromatic rings. The van der Waals surface area contributed by atoms with Crippen LogP contribution in [-0.2, 0) is 19.6 Å². The number of carbonyl (C=O) groups is 1. The van der Waals surface area contributed by atoms with Crippen LogP contribution in [0.2, 0.25) is 5.02 Å². The Kier molecular flexibility index (Phi) is 7.43. The average molecular weight is 461 g/mol.